The summed E-state index contributed by atoms with van der Waals surface area (Å²) in [6.07, 6.45) is -1.93. The number of carboxylic acids is 1. The molecule has 0 aliphatic rings. The summed E-state index contributed by atoms with van der Waals surface area (Å²) in [4.78, 5) is 18.2. The van der Waals surface area contributed by atoms with Crippen LogP contribution in [0.15, 0.2) is 12.4 Å². The molecule has 0 bridgehead atoms. The van der Waals surface area contributed by atoms with Gasteiger partial charge in [0, 0.05) is 6.07 Å². The normalized spacial score (nSPS) is 13.3. The molecule has 2 N–H and O–H groups in total. The van der Waals surface area contributed by atoms with Gasteiger partial charge in [-0.3, -0.25) is 0 Å². The number of nitrogens with one attached hydrogen (secondary N) is 1. The highest BCUT2D eigenvalue weighted by Crippen LogP contribution is 2.29. The Kier molecular flexibility index (Phi) is 4.48. The molecule has 120 valence electrons. The third-order valence-corrected chi connectivity index (χ3v) is 3.01. The highest BCUT2D eigenvalue weighted by Gasteiger charge is 2.34. The molecule has 0 aliphatic heterocycles. The van der Waals surface area contributed by atoms with Gasteiger partial charge in [0.1, 0.15) is 18.2 Å². The zero-order chi connectivity index (χ0) is 16.3. The van der Waals surface area contributed by atoms with E-state index in [1.54, 1.807) is 0 Å². The van der Waals surface area contributed by atoms with Gasteiger partial charge in [0.05, 0.1) is 0 Å². The number of carboxylic acid groups (broad SMARTS) is 1. The number of nitrogens with zero attached hydrogens (tertiary/aromatic N) is 4. The topological polar surface area (TPSA) is 92.4 Å². The van der Waals surface area contributed by atoms with Gasteiger partial charge >= 0.3 is 12.1 Å². The Morgan fingerprint density at radius 1 is 1.50 bits per heavy atom. The molecule has 0 fully saturated rings. The molecule has 0 aliphatic carbocycles. The Morgan fingerprint density at radius 2 is 2.23 bits per heavy atom. The second-order valence-corrected chi connectivity index (χ2v) is 4.67. The summed E-state index contributed by atoms with van der Waals surface area (Å²) in [5, 5.41) is 15.5. The number of rotatable bonds is 6. The minimum absolute atomic E-state index is 0.113. The first-order valence-electron chi connectivity index (χ1n) is 6.60. The lowest BCUT2D eigenvalue weighted by Gasteiger charge is -2.17. The van der Waals surface area contributed by atoms with Gasteiger partial charge in [-0.05, 0) is 6.42 Å². The summed E-state index contributed by atoms with van der Waals surface area (Å²) in [5.74, 6) is -1.51. The smallest absolute Gasteiger partial charge is 0.433 e. The van der Waals surface area contributed by atoms with Crippen LogP contribution in [-0.2, 0) is 11.0 Å². The van der Waals surface area contributed by atoms with Gasteiger partial charge in [-0.2, -0.15) is 27.8 Å². The summed E-state index contributed by atoms with van der Waals surface area (Å²) in [6.45, 7) is 1.89. The summed E-state index contributed by atoms with van der Waals surface area (Å²) in [5.41, 5.74) is -1.16. The zero-order valence-electron chi connectivity index (χ0n) is 11.6. The third kappa shape index (κ3) is 3.43. The predicted octanol–water partition coefficient (Wildman–Crippen LogP) is 2.20. The van der Waals surface area contributed by atoms with Crippen molar-refractivity contribution in [2.24, 2.45) is 0 Å². The fraction of sp³-hybridized carbons (Fsp3) is 0.500. The van der Waals surface area contributed by atoms with Crippen LogP contribution >= 0.6 is 0 Å². The van der Waals surface area contributed by atoms with E-state index in [1.807, 2.05) is 6.92 Å². The average molecular weight is 317 g/mol. The molecule has 2 rings (SSSR count). The van der Waals surface area contributed by atoms with Crippen molar-refractivity contribution in [3.63, 3.8) is 0 Å². The average Bonchev–Trinajstić information content (AvgIpc) is 2.90. The van der Waals surface area contributed by atoms with Crippen LogP contribution in [0.4, 0.5) is 19.0 Å². The monoisotopic (exact) mass is 317 g/mol. The number of halogens is 3. The summed E-state index contributed by atoms with van der Waals surface area (Å²) in [6, 6.07) is -0.292. The van der Waals surface area contributed by atoms with Gasteiger partial charge in [0.2, 0.25) is 0 Å². The lowest BCUT2D eigenvalue weighted by molar-refractivity contribution is -0.141. The second-order valence-electron chi connectivity index (χ2n) is 4.67. The molecule has 2 aromatic rings. The van der Waals surface area contributed by atoms with Gasteiger partial charge in [0.15, 0.2) is 5.69 Å². The zero-order valence-corrected chi connectivity index (χ0v) is 11.6. The Bertz CT molecular complexity index is 670. The van der Waals surface area contributed by atoms with Gasteiger partial charge in [0.25, 0.3) is 5.78 Å². The number of alkyl halides is 3. The SMILES string of the molecule is CCCC[C@H](Nc1cc(C(F)(F)F)nc2ncnn12)C(=O)O. The maximum absolute atomic E-state index is 12.8. The molecule has 0 unspecified atom stereocenters. The van der Waals surface area contributed by atoms with Crippen LogP contribution in [0, 0.1) is 0 Å². The van der Waals surface area contributed by atoms with E-state index < -0.39 is 23.9 Å². The Balaban J connectivity index is 2.40. The molecule has 0 amide bonds. The largest absolute Gasteiger partial charge is 0.480 e. The van der Waals surface area contributed by atoms with Crippen molar-refractivity contribution in [3.05, 3.63) is 18.1 Å². The summed E-state index contributed by atoms with van der Waals surface area (Å²) in [7, 11) is 0. The molecule has 0 spiro atoms. The van der Waals surface area contributed by atoms with E-state index >= 15 is 0 Å². The predicted molar refractivity (Wildman–Crippen MR) is 70.4 cm³/mol. The molecular weight excluding hydrogens is 303 g/mol. The minimum Gasteiger partial charge on any atom is -0.480 e. The van der Waals surface area contributed by atoms with Crippen molar-refractivity contribution < 1.29 is 23.1 Å². The van der Waals surface area contributed by atoms with E-state index in [0.29, 0.717) is 6.42 Å². The van der Waals surface area contributed by atoms with Crippen molar-refractivity contribution in [3.8, 4) is 0 Å². The third-order valence-electron chi connectivity index (χ3n) is 3.01. The van der Waals surface area contributed by atoms with E-state index in [9.17, 15) is 18.0 Å². The van der Waals surface area contributed by atoms with Gasteiger partial charge < -0.3 is 10.4 Å². The number of carbonyl (C=O) groups is 1. The number of hydrogen-bond acceptors (Lipinski definition) is 5. The molecule has 0 saturated carbocycles. The summed E-state index contributed by atoms with van der Waals surface area (Å²) < 4.78 is 39.5. The first-order chi connectivity index (χ1) is 10.3. The molecule has 2 heterocycles. The van der Waals surface area contributed by atoms with Crippen LogP contribution in [0.1, 0.15) is 31.9 Å². The Morgan fingerprint density at radius 3 is 2.82 bits per heavy atom. The van der Waals surface area contributed by atoms with Crippen LogP contribution in [0.25, 0.3) is 5.78 Å². The van der Waals surface area contributed by atoms with Crippen LogP contribution in [-0.4, -0.2) is 36.7 Å². The van der Waals surface area contributed by atoms with E-state index in [1.165, 1.54) is 0 Å². The van der Waals surface area contributed by atoms with Crippen LogP contribution in [0.2, 0.25) is 0 Å². The highest BCUT2D eigenvalue weighted by atomic mass is 19.4. The van der Waals surface area contributed by atoms with Gasteiger partial charge in [-0.1, -0.05) is 19.8 Å². The molecule has 0 radical (unpaired) electrons. The standard InChI is InChI=1S/C12H14F3N5O2/c1-2-3-4-7(10(21)22)18-9-5-8(12(13,14)15)19-11-16-6-17-20(9)11/h5-7,18H,2-4H2,1H3,(H,21,22)/t7-/m0/s1. The van der Waals surface area contributed by atoms with Crippen LogP contribution < -0.4 is 5.32 Å². The van der Waals surface area contributed by atoms with Crippen molar-refractivity contribution in [1.82, 2.24) is 19.6 Å². The molecule has 22 heavy (non-hydrogen) atoms. The summed E-state index contributed by atoms with van der Waals surface area (Å²) >= 11 is 0. The number of aromatic nitrogens is 4. The van der Waals surface area contributed by atoms with Crippen molar-refractivity contribution in [2.75, 3.05) is 5.32 Å². The lowest BCUT2D eigenvalue weighted by atomic mass is 10.1. The number of aliphatic carboxylic acids is 1. The first kappa shape index (κ1) is 16.0. The molecule has 1 atom stereocenters. The minimum atomic E-state index is -4.66. The number of fused-ring (bicyclic) bond motifs is 1. The maximum Gasteiger partial charge on any atom is 0.433 e. The Hall–Kier alpha value is -2.39. The molecule has 0 aromatic carbocycles. The van der Waals surface area contributed by atoms with E-state index in [0.717, 1.165) is 23.3 Å². The fourth-order valence-electron chi connectivity index (χ4n) is 1.90. The highest BCUT2D eigenvalue weighted by molar-refractivity contribution is 5.77. The van der Waals surface area contributed by atoms with E-state index in [2.05, 4.69) is 20.4 Å². The van der Waals surface area contributed by atoms with Gasteiger partial charge in [-0.25, -0.2) is 9.78 Å². The molecule has 7 nitrogen and oxygen atoms in total. The fourth-order valence-corrected chi connectivity index (χ4v) is 1.90. The van der Waals surface area contributed by atoms with E-state index in [4.69, 9.17) is 5.11 Å². The van der Waals surface area contributed by atoms with E-state index in [-0.39, 0.29) is 18.0 Å². The second kappa shape index (κ2) is 6.16. The van der Waals surface area contributed by atoms with Gasteiger partial charge in [-0.15, -0.1) is 0 Å². The quantitative estimate of drug-likeness (QED) is 0.848. The van der Waals surface area contributed by atoms with Crippen molar-refractivity contribution >= 4 is 17.6 Å². The lowest BCUT2D eigenvalue weighted by Crippen LogP contribution is -2.30. The molecule has 2 aromatic heterocycles. The number of anilines is 1. The number of hydrogen-bond donors (Lipinski definition) is 2. The maximum atomic E-state index is 12.8. The molecule has 10 heteroatoms. The first-order valence-corrected chi connectivity index (χ1v) is 6.60. The van der Waals surface area contributed by atoms with Crippen LogP contribution in [0.3, 0.4) is 0 Å². The molecular formula is C12H14F3N5O2. The van der Waals surface area contributed by atoms with Crippen LogP contribution in [0.5, 0.6) is 0 Å². The Labute approximate surface area is 123 Å². The van der Waals surface area contributed by atoms with Crippen molar-refractivity contribution in [1.29, 1.82) is 0 Å². The molecule has 0 saturated heterocycles. The number of unbranched alkanes of at least 4 members (excludes halogenated alkanes) is 1. The van der Waals surface area contributed by atoms with Crippen molar-refractivity contribution in [2.45, 2.75) is 38.4 Å².